The van der Waals surface area contributed by atoms with E-state index in [2.05, 4.69) is 266 Å². The molecule has 1 heterocycles. The van der Waals surface area contributed by atoms with Gasteiger partial charge in [0.05, 0.1) is 16.7 Å². The smallest absolute Gasteiger partial charge is 0.0541 e. The fourth-order valence-electron chi connectivity index (χ4n) is 10.4. The number of para-hydroxylation sites is 3. The predicted octanol–water partition coefficient (Wildman–Crippen LogP) is 17.2. The van der Waals surface area contributed by atoms with Crippen LogP contribution in [0.5, 0.6) is 0 Å². The first-order chi connectivity index (χ1) is 32.0. The van der Waals surface area contributed by atoms with Crippen LogP contribution in [0.2, 0.25) is 0 Å². The first kappa shape index (κ1) is 38.5. The Morgan fingerprint density at radius 3 is 1.40 bits per heavy atom. The van der Waals surface area contributed by atoms with Gasteiger partial charge in [-0.05, 0) is 116 Å². The third-order valence-electron chi connectivity index (χ3n) is 13.6. The minimum Gasteiger partial charge on any atom is -0.310 e. The summed E-state index contributed by atoms with van der Waals surface area (Å²) in [7, 11) is 0. The number of hydrogen-bond donors (Lipinski definition) is 0. The van der Waals surface area contributed by atoms with E-state index >= 15 is 0 Å². The van der Waals surface area contributed by atoms with E-state index in [4.69, 9.17) is 0 Å². The topological polar surface area (TPSA) is 8.17 Å². The van der Waals surface area contributed by atoms with Gasteiger partial charge in [-0.25, -0.2) is 0 Å². The normalized spacial score (nSPS) is 12.6. The Morgan fingerprint density at radius 1 is 0.308 bits per heavy atom. The largest absolute Gasteiger partial charge is 0.310 e. The predicted molar refractivity (Wildman–Crippen MR) is 275 cm³/mol. The number of hydrogen-bond acceptors (Lipinski definition) is 1. The molecule has 65 heavy (non-hydrogen) atoms. The van der Waals surface area contributed by atoms with Crippen LogP contribution in [-0.4, -0.2) is 4.57 Å². The molecule has 1 aromatic heterocycles. The summed E-state index contributed by atoms with van der Waals surface area (Å²) in [6.45, 7) is 4.72. The standard InChI is InChI=1S/C63H46N2/c1-63(2)58-25-13-9-21-52(58)53-40-38-50(42-59(53)63)64(48-35-33-46(34-36-48)44-19-7-4-8-20-44)49-37-39-51(57(41-49)47-31-29-45(30-32-47)43-17-5-3-6-18-43)54-22-10-14-26-60(54)65-61-27-15-11-23-55(61)56-24-12-16-28-62(56)65/h3-42H,1-2H3. The maximum Gasteiger partial charge on any atom is 0.0541 e. The average Bonchev–Trinajstić information content (AvgIpc) is 3.83. The third kappa shape index (κ3) is 6.49. The Balaban J connectivity index is 1.08. The average molecular weight is 831 g/mol. The van der Waals surface area contributed by atoms with Crippen molar-refractivity contribution >= 4 is 38.9 Å². The summed E-state index contributed by atoms with van der Waals surface area (Å²) in [4.78, 5) is 2.44. The van der Waals surface area contributed by atoms with E-state index in [1.165, 1.54) is 77.4 Å². The summed E-state index contributed by atoms with van der Waals surface area (Å²) in [5.41, 5.74) is 21.5. The molecule has 0 unspecified atom stereocenters. The van der Waals surface area contributed by atoms with Crippen LogP contribution in [0.3, 0.4) is 0 Å². The van der Waals surface area contributed by atoms with Crippen molar-refractivity contribution in [3.05, 3.63) is 254 Å². The highest BCUT2D eigenvalue weighted by Crippen LogP contribution is 2.51. The molecule has 2 nitrogen and oxygen atoms in total. The summed E-state index contributed by atoms with van der Waals surface area (Å²) in [5, 5.41) is 2.50. The Morgan fingerprint density at radius 2 is 0.754 bits per heavy atom. The summed E-state index contributed by atoms with van der Waals surface area (Å²) in [6.07, 6.45) is 0. The highest BCUT2D eigenvalue weighted by molar-refractivity contribution is 6.10. The maximum absolute atomic E-state index is 2.45. The third-order valence-corrected chi connectivity index (χ3v) is 13.6. The molecule has 0 N–H and O–H groups in total. The molecule has 308 valence electrons. The fourth-order valence-corrected chi connectivity index (χ4v) is 10.4. The molecule has 1 aliphatic rings. The molecule has 0 fully saturated rings. The number of rotatable bonds is 8. The molecule has 0 spiro atoms. The van der Waals surface area contributed by atoms with Crippen LogP contribution < -0.4 is 4.90 Å². The molecular weight excluding hydrogens is 785 g/mol. The Kier molecular flexibility index (Phi) is 9.21. The van der Waals surface area contributed by atoms with E-state index in [1.807, 2.05) is 0 Å². The summed E-state index contributed by atoms with van der Waals surface area (Å²) in [5.74, 6) is 0. The number of aromatic nitrogens is 1. The first-order valence-corrected chi connectivity index (χ1v) is 22.6. The van der Waals surface area contributed by atoms with Crippen molar-refractivity contribution in [2.75, 3.05) is 4.90 Å². The second-order valence-electron chi connectivity index (χ2n) is 17.7. The number of anilines is 3. The molecule has 0 saturated carbocycles. The van der Waals surface area contributed by atoms with Crippen LogP contribution in [0.15, 0.2) is 243 Å². The van der Waals surface area contributed by atoms with Crippen LogP contribution in [0.25, 0.3) is 83.1 Å². The van der Waals surface area contributed by atoms with Crippen molar-refractivity contribution < 1.29 is 0 Å². The van der Waals surface area contributed by atoms with Gasteiger partial charge in [0.2, 0.25) is 0 Å². The van der Waals surface area contributed by atoms with Gasteiger partial charge in [-0.2, -0.15) is 0 Å². The van der Waals surface area contributed by atoms with Crippen molar-refractivity contribution in [3.63, 3.8) is 0 Å². The number of nitrogens with zero attached hydrogens (tertiary/aromatic N) is 2. The lowest BCUT2D eigenvalue weighted by Gasteiger charge is -2.29. The molecule has 0 atom stereocenters. The first-order valence-electron chi connectivity index (χ1n) is 22.6. The minimum atomic E-state index is -0.142. The highest BCUT2D eigenvalue weighted by atomic mass is 15.1. The van der Waals surface area contributed by atoms with Crippen LogP contribution in [0.1, 0.15) is 25.0 Å². The van der Waals surface area contributed by atoms with Crippen molar-refractivity contribution in [2.45, 2.75) is 19.3 Å². The highest BCUT2D eigenvalue weighted by Gasteiger charge is 2.36. The molecular formula is C63H46N2. The van der Waals surface area contributed by atoms with Crippen LogP contribution in [0.4, 0.5) is 17.1 Å². The summed E-state index contributed by atoms with van der Waals surface area (Å²) < 4.78 is 2.45. The van der Waals surface area contributed by atoms with Crippen LogP contribution in [0, 0.1) is 0 Å². The molecule has 0 amide bonds. The molecule has 2 heteroatoms. The number of benzene rings is 10. The van der Waals surface area contributed by atoms with Gasteiger partial charge in [-0.1, -0.05) is 202 Å². The summed E-state index contributed by atoms with van der Waals surface area (Å²) >= 11 is 0. The van der Waals surface area contributed by atoms with Gasteiger partial charge in [0.25, 0.3) is 0 Å². The SMILES string of the molecule is CC1(C)c2ccccc2-c2ccc(N(c3ccc(-c4ccccc4)cc3)c3ccc(-c4ccccc4-n4c5ccccc5c5ccccc54)c(-c4ccc(-c5ccccc5)cc4)c3)cc21. The second kappa shape index (κ2) is 15.6. The molecule has 0 bridgehead atoms. The maximum atomic E-state index is 2.45. The Labute approximate surface area is 381 Å². The van der Waals surface area contributed by atoms with Gasteiger partial charge >= 0.3 is 0 Å². The molecule has 11 aromatic rings. The van der Waals surface area contributed by atoms with E-state index in [0.717, 1.165) is 33.9 Å². The quantitative estimate of drug-likeness (QED) is 0.148. The van der Waals surface area contributed by atoms with Crippen molar-refractivity contribution in [2.24, 2.45) is 0 Å². The summed E-state index contributed by atoms with van der Waals surface area (Å²) in [6, 6.07) is 89.0. The lowest BCUT2D eigenvalue weighted by atomic mass is 9.82. The van der Waals surface area contributed by atoms with Crippen molar-refractivity contribution in [1.29, 1.82) is 0 Å². The van der Waals surface area contributed by atoms with Gasteiger partial charge in [-0.15, -0.1) is 0 Å². The van der Waals surface area contributed by atoms with Gasteiger partial charge in [0.1, 0.15) is 0 Å². The van der Waals surface area contributed by atoms with Crippen LogP contribution in [-0.2, 0) is 5.41 Å². The Hall–Kier alpha value is -8.20. The van der Waals surface area contributed by atoms with Crippen molar-refractivity contribution in [3.8, 4) is 61.3 Å². The van der Waals surface area contributed by atoms with E-state index < -0.39 is 0 Å². The molecule has 12 rings (SSSR count). The van der Waals surface area contributed by atoms with Crippen molar-refractivity contribution in [1.82, 2.24) is 4.57 Å². The minimum absolute atomic E-state index is 0.142. The molecule has 10 aromatic carbocycles. The van der Waals surface area contributed by atoms with Gasteiger partial charge in [-0.3, -0.25) is 0 Å². The monoisotopic (exact) mass is 830 g/mol. The molecule has 0 radical (unpaired) electrons. The van der Waals surface area contributed by atoms with E-state index in [0.29, 0.717) is 0 Å². The zero-order valence-electron chi connectivity index (χ0n) is 36.5. The van der Waals surface area contributed by atoms with Gasteiger partial charge < -0.3 is 9.47 Å². The van der Waals surface area contributed by atoms with E-state index in [1.54, 1.807) is 0 Å². The van der Waals surface area contributed by atoms with Gasteiger partial charge in [0.15, 0.2) is 0 Å². The second-order valence-corrected chi connectivity index (χ2v) is 17.7. The molecule has 0 aliphatic heterocycles. The fraction of sp³-hybridized carbons (Fsp3) is 0.0476. The van der Waals surface area contributed by atoms with E-state index in [9.17, 15) is 0 Å². The van der Waals surface area contributed by atoms with Gasteiger partial charge in [0, 0.05) is 38.8 Å². The molecule has 1 aliphatic carbocycles. The lowest BCUT2D eigenvalue weighted by molar-refractivity contribution is 0.660. The zero-order valence-corrected chi connectivity index (χ0v) is 36.5. The zero-order chi connectivity index (χ0) is 43.5. The van der Waals surface area contributed by atoms with Crippen LogP contribution >= 0.6 is 0 Å². The number of fused-ring (bicyclic) bond motifs is 6. The van der Waals surface area contributed by atoms with E-state index in [-0.39, 0.29) is 5.41 Å². The molecule has 0 saturated heterocycles. The Bertz CT molecular complexity index is 3490. The lowest BCUT2D eigenvalue weighted by Crippen LogP contribution is -2.16.